The molecule has 164 valence electrons. The molecule has 0 saturated heterocycles. The van der Waals surface area contributed by atoms with Crippen molar-refractivity contribution < 1.29 is 9.36 Å². The van der Waals surface area contributed by atoms with Crippen LogP contribution in [-0.2, 0) is 11.3 Å². The van der Waals surface area contributed by atoms with E-state index in [-0.39, 0.29) is 11.9 Å². The SMILES string of the molecule is CN1/C(=C/c2cc[n+](CCCCCC(=O)NCCN=C(N)N)cc2)Sc2ccccc21. The van der Waals surface area contributed by atoms with Crippen LogP contribution in [0.25, 0.3) is 6.08 Å². The number of para-hydroxylation sites is 1. The molecule has 0 atom stereocenters. The zero-order valence-corrected chi connectivity index (χ0v) is 18.8. The molecular weight excluding hydrogens is 408 g/mol. The van der Waals surface area contributed by atoms with Gasteiger partial charge in [0, 0.05) is 43.5 Å². The van der Waals surface area contributed by atoms with Crippen molar-refractivity contribution in [2.24, 2.45) is 16.5 Å². The molecule has 1 aliphatic heterocycles. The summed E-state index contributed by atoms with van der Waals surface area (Å²) < 4.78 is 2.19. The Morgan fingerprint density at radius 1 is 1.16 bits per heavy atom. The first-order chi connectivity index (χ1) is 15.0. The number of fused-ring (bicyclic) bond motifs is 1. The van der Waals surface area contributed by atoms with Crippen molar-refractivity contribution in [2.45, 2.75) is 37.1 Å². The van der Waals surface area contributed by atoms with Crippen LogP contribution in [0.2, 0.25) is 0 Å². The Morgan fingerprint density at radius 3 is 2.68 bits per heavy atom. The summed E-state index contributed by atoms with van der Waals surface area (Å²) in [7, 11) is 2.11. The predicted molar refractivity (Wildman–Crippen MR) is 127 cm³/mol. The van der Waals surface area contributed by atoms with Crippen molar-refractivity contribution in [3.63, 3.8) is 0 Å². The summed E-state index contributed by atoms with van der Waals surface area (Å²) >= 11 is 1.80. The normalized spacial score (nSPS) is 13.8. The molecule has 2 aromatic rings. The topological polar surface area (TPSA) is 101 Å². The Labute approximate surface area is 188 Å². The van der Waals surface area contributed by atoms with E-state index in [1.807, 2.05) is 0 Å². The fraction of sp³-hybridized carbons (Fsp3) is 0.348. The molecule has 0 bridgehead atoms. The van der Waals surface area contributed by atoms with Gasteiger partial charge in [-0.2, -0.15) is 0 Å². The van der Waals surface area contributed by atoms with Gasteiger partial charge in [0.25, 0.3) is 0 Å². The Hall–Kier alpha value is -3.00. The molecule has 31 heavy (non-hydrogen) atoms. The molecule has 8 heteroatoms. The van der Waals surface area contributed by atoms with Crippen LogP contribution in [0, 0.1) is 0 Å². The number of thioether (sulfide) groups is 1. The second kappa shape index (κ2) is 11.4. The van der Waals surface area contributed by atoms with Gasteiger partial charge in [-0.05, 0) is 36.6 Å². The van der Waals surface area contributed by atoms with Crippen molar-refractivity contribution in [2.75, 3.05) is 25.0 Å². The third kappa shape index (κ3) is 7.03. The second-order valence-electron chi connectivity index (χ2n) is 7.45. The summed E-state index contributed by atoms with van der Waals surface area (Å²) in [5.41, 5.74) is 12.9. The largest absolute Gasteiger partial charge is 0.370 e. The molecular formula is C23H31N6OS+. The summed E-state index contributed by atoms with van der Waals surface area (Å²) in [4.78, 5) is 19.1. The monoisotopic (exact) mass is 439 g/mol. The molecule has 0 unspecified atom stereocenters. The zero-order chi connectivity index (χ0) is 22.1. The maximum Gasteiger partial charge on any atom is 0.220 e. The fourth-order valence-electron chi connectivity index (χ4n) is 3.33. The smallest absolute Gasteiger partial charge is 0.220 e. The van der Waals surface area contributed by atoms with Gasteiger partial charge < -0.3 is 21.7 Å². The van der Waals surface area contributed by atoms with Crippen molar-refractivity contribution in [1.29, 1.82) is 0 Å². The number of carbonyl (C=O) groups excluding carboxylic acids is 1. The van der Waals surface area contributed by atoms with E-state index in [2.05, 4.69) is 81.7 Å². The number of carbonyl (C=O) groups is 1. The molecule has 0 saturated carbocycles. The first kappa shape index (κ1) is 22.7. The number of amides is 1. The highest BCUT2D eigenvalue weighted by atomic mass is 32.2. The number of pyridine rings is 1. The van der Waals surface area contributed by atoms with Crippen LogP contribution in [-0.4, -0.2) is 32.0 Å². The number of benzene rings is 1. The Kier molecular flexibility index (Phi) is 8.35. The molecule has 0 aliphatic carbocycles. The van der Waals surface area contributed by atoms with Gasteiger partial charge in [0.05, 0.1) is 17.3 Å². The minimum Gasteiger partial charge on any atom is -0.370 e. The molecule has 5 N–H and O–H groups in total. The van der Waals surface area contributed by atoms with Crippen LogP contribution in [0.4, 0.5) is 5.69 Å². The quantitative estimate of drug-likeness (QED) is 0.229. The van der Waals surface area contributed by atoms with E-state index in [1.54, 1.807) is 11.8 Å². The van der Waals surface area contributed by atoms with Gasteiger partial charge in [0.2, 0.25) is 5.91 Å². The lowest BCUT2D eigenvalue weighted by atomic mass is 10.2. The number of aromatic nitrogens is 1. The molecule has 0 fully saturated rings. The van der Waals surface area contributed by atoms with E-state index < -0.39 is 0 Å². The number of anilines is 1. The number of nitrogens with zero attached hydrogens (tertiary/aromatic N) is 3. The average molecular weight is 440 g/mol. The van der Waals surface area contributed by atoms with E-state index in [0.717, 1.165) is 25.8 Å². The molecule has 0 radical (unpaired) electrons. The number of guanidine groups is 1. The van der Waals surface area contributed by atoms with Crippen LogP contribution < -0.4 is 26.3 Å². The number of aryl methyl sites for hydroxylation is 1. The van der Waals surface area contributed by atoms with Crippen molar-refractivity contribution in [3.8, 4) is 0 Å². The lowest BCUT2D eigenvalue weighted by molar-refractivity contribution is -0.697. The molecule has 3 rings (SSSR count). The van der Waals surface area contributed by atoms with E-state index in [4.69, 9.17) is 11.5 Å². The maximum atomic E-state index is 11.8. The third-order valence-corrected chi connectivity index (χ3v) is 6.19. The molecule has 7 nitrogen and oxygen atoms in total. The van der Waals surface area contributed by atoms with Crippen LogP contribution in [0.1, 0.15) is 31.2 Å². The molecule has 0 spiro atoms. The van der Waals surface area contributed by atoms with E-state index in [0.29, 0.717) is 19.5 Å². The minimum atomic E-state index is 0.0479. The number of nitrogens with one attached hydrogen (secondary N) is 1. The van der Waals surface area contributed by atoms with Gasteiger partial charge in [-0.25, -0.2) is 4.57 Å². The van der Waals surface area contributed by atoms with Gasteiger partial charge in [0.15, 0.2) is 18.4 Å². The van der Waals surface area contributed by atoms with Crippen LogP contribution in [0.15, 0.2) is 63.7 Å². The Balaban J connectivity index is 1.36. The van der Waals surface area contributed by atoms with Crippen LogP contribution >= 0.6 is 11.8 Å². The van der Waals surface area contributed by atoms with E-state index in [1.165, 1.54) is 21.2 Å². The highest BCUT2D eigenvalue weighted by Crippen LogP contribution is 2.45. The maximum absolute atomic E-state index is 11.8. The molecule has 1 aromatic heterocycles. The highest BCUT2D eigenvalue weighted by Gasteiger charge is 2.21. The molecule has 2 heterocycles. The lowest BCUT2D eigenvalue weighted by Crippen LogP contribution is -2.32. The third-order valence-electron chi connectivity index (χ3n) is 5.03. The van der Waals surface area contributed by atoms with Gasteiger partial charge in [-0.15, -0.1) is 0 Å². The number of nitrogens with two attached hydrogens (primary N) is 2. The van der Waals surface area contributed by atoms with Gasteiger partial charge >= 0.3 is 0 Å². The standard InChI is InChI=1S/C23H30N6OS/c1-28-19-7-4-5-8-20(19)31-22(28)17-18-10-15-29(16-11-18)14-6-2-3-9-21(30)26-12-13-27-23(24)25/h4-5,7-8,10-11,15-17H,2-3,6,9,12-14H2,1H3,(H4-,24,25,26,27,30)/p+1. The fourth-order valence-corrected chi connectivity index (χ4v) is 4.44. The highest BCUT2D eigenvalue weighted by molar-refractivity contribution is 8.03. The summed E-state index contributed by atoms with van der Waals surface area (Å²) in [6, 6.07) is 12.8. The number of aliphatic imine (C=N–C) groups is 1. The summed E-state index contributed by atoms with van der Waals surface area (Å²) in [6.45, 7) is 1.83. The zero-order valence-electron chi connectivity index (χ0n) is 18.0. The van der Waals surface area contributed by atoms with Crippen molar-refractivity contribution in [3.05, 3.63) is 59.4 Å². The first-order valence-electron chi connectivity index (χ1n) is 10.6. The van der Waals surface area contributed by atoms with Gasteiger partial charge in [0.1, 0.15) is 6.54 Å². The summed E-state index contributed by atoms with van der Waals surface area (Å²) in [5.74, 6) is 0.0968. The minimum absolute atomic E-state index is 0.0479. The van der Waals surface area contributed by atoms with E-state index in [9.17, 15) is 4.79 Å². The summed E-state index contributed by atoms with van der Waals surface area (Å²) in [5, 5.41) is 4.05. The Bertz CT molecular complexity index is 937. The first-order valence-corrected chi connectivity index (χ1v) is 11.4. The number of rotatable bonds is 10. The number of hydrogen-bond donors (Lipinski definition) is 3. The molecule has 1 aliphatic rings. The molecule has 1 aromatic carbocycles. The predicted octanol–water partition coefficient (Wildman–Crippen LogP) is 2.46. The van der Waals surface area contributed by atoms with E-state index >= 15 is 0 Å². The van der Waals surface area contributed by atoms with Gasteiger partial charge in [-0.3, -0.25) is 9.79 Å². The van der Waals surface area contributed by atoms with Crippen molar-refractivity contribution >= 4 is 35.4 Å². The average Bonchev–Trinajstić information content (AvgIpc) is 3.07. The number of unbranched alkanes of at least 4 members (excludes halogenated alkanes) is 2. The number of hydrogen-bond acceptors (Lipinski definition) is 4. The van der Waals surface area contributed by atoms with Crippen LogP contribution in [0.5, 0.6) is 0 Å². The van der Waals surface area contributed by atoms with Crippen LogP contribution in [0.3, 0.4) is 0 Å². The van der Waals surface area contributed by atoms with Gasteiger partial charge in [-0.1, -0.05) is 23.9 Å². The van der Waals surface area contributed by atoms with Crippen molar-refractivity contribution in [1.82, 2.24) is 5.32 Å². The molecule has 1 amide bonds. The lowest BCUT2D eigenvalue weighted by Gasteiger charge is -2.13. The second-order valence-corrected chi connectivity index (χ2v) is 8.51. The Morgan fingerprint density at radius 2 is 1.94 bits per heavy atom. The summed E-state index contributed by atoms with van der Waals surface area (Å²) in [6.07, 6.45) is 9.93.